The van der Waals surface area contributed by atoms with E-state index in [0.717, 1.165) is 10.5 Å². The van der Waals surface area contributed by atoms with Crippen LogP contribution in [0.5, 0.6) is 17.2 Å². The van der Waals surface area contributed by atoms with Crippen molar-refractivity contribution < 1.29 is 38.7 Å². The van der Waals surface area contributed by atoms with Gasteiger partial charge in [-0.25, -0.2) is 0 Å². The first-order chi connectivity index (χ1) is 20.1. The Balaban J connectivity index is 1.48. The number of anilines is 1. The summed E-state index contributed by atoms with van der Waals surface area (Å²) in [7, 11) is 2.77. The van der Waals surface area contributed by atoms with Crippen LogP contribution in [0.4, 0.5) is 11.4 Å². The van der Waals surface area contributed by atoms with Crippen molar-refractivity contribution in [2.75, 3.05) is 19.1 Å². The first-order valence-corrected chi connectivity index (χ1v) is 13.3. The Hall–Kier alpha value is -5.06. The summed E-state index contributed by atoms with van der Waals surface area (Å²) in [6.07, 6.45) is 3.52. The monoisotopic (exact) mass is 570 g/mol. The number of Topliss-reactive ketones (excluding diaryl/α,β-unsaturated/α-hetero) is 1. The van der Waals surface area contributed by atoms with Crippen molar-refractivity contribution in [3.05, 3.63) is 86.5 Å². The lowest BCUT2D eigenvalue weighted by molar-refractivity contribution is -0.384. The van der Waals surface area contributed by atoms with Gasteiger partial charge in [-0.05, 0) is 61.6 Å². The van der Waals surface area contributed by atoms with E-state index in [0.29, 0.717) is 22.3 Å². The molecule has 1 N–H and O–H groups in total. The molecule has 2 aromatic rings. The SMILES string of the molecule is COc1cc([C@H]2C3=CC[C@@H]4C(=O)N(c5ccc([N+](=O)[O-])cc5)C(=O)[C@@H]4[C@@H]3CC3=C2C(=O)C=C(C)C3=O)cc(OC)c1O. The molecule has 2 amide bonds. The molecule has 2 aromatic carbocycles. The Labute approximate surface area is 239 Å². The minimum Gasteiger partial charge on any atom is -0.502 e. The summed E-state index contributed by atoms with van der Waals surface area (Å²) in [6, 6.07) is 8.38. The average molecular weight is 571 g/mol. The number of phenolic OH excluding ortho intramolecular Hbond substituents is 1. The molecule has 1 saturated heterocycles. The number of phenols is 1. The van der Waals surface area contributed by atoms with Crippen LogP contribution in [0.15, 0.2) is 70.8 Å². The molecule has 0 aromatic heterocycles. The van der Waals surface area contributed by atoms with Crippen LogP contribution in [0.3, 0.4) is 0 Å². The average Bonchev–Trinajstić information content (AvgIpc) is 3.24. The summed E-state index contributed by atoms with van der Waals surface area (Å²) in [5, 5.41) is 21.7. The highest BCUT2D eigenvalue weighted by Gasteiger charge is 2.56. The van der Waals surface area contributed by atoms with Crippen LogP contribution in [0.2, 0.25) is 0 Å². The number of aromatic hydroxyl groups is 1. The Morgan fingerprint density at radius 3 is 2.21 bits per heavy atom. The highest BCUT2D eigenvalue weighted by Crippen LogP contribution is 2.56. The molecule has 0 radical (unpaired) electrons. The molecule has 4 atom stereocenters. The molecule has 4 aliphatic rings. The zero-order valence-electron chi connectivity index (χ0n) is 23.0. The quantitative estimate of drug-likeness (QED) is 0.185. The summed E-state index contributed by atoms with van der Waals surface area (Å²) in [5.74, 6) is -4.31. The van der Waals surface area contributed by atoms with Crippen molar-refractivity contribution in [3.63, 3.8) is 0 Å². The highest BCUT2D eigenvalue weighted by atomic mass is 16.6. The van der Waals surface area contributed by atoms with Crippen molar-refractivity contribution in [2.45, 2.75) is 25.7 Å². The number of hydrogen-bond donors (Lipinski definition) is 1. The van der Waals surface area contributed by atoms with E-state index >= 15 is 0 Å². The number of allylic oxidation sites excluding steroid dienone is 6. The zero-order chi connectivity index (χ0) is 30.0. The van der Waals surface area contributed by atoms with Crippen LogP contribution in [0, 0.1) is 27.9 Å². The van der Waals surface area contributed by atoms with Gasteiger partial charge < -0.3 is 14.6 Å². The maximum Gasteiger partial charge on any atom is 0.269 e. The fourth-order valence-corrected chi connectivity index (χ4v) is 6.82. The van der Waals surface area contributed by atoms with E-state index in [2.05, 4.69) is 0 Å². The van der Waals surface area contributed by atoms with E-state index < -0.39 is 40.4 Å². The molecule has 1 heterocycles. The van der Waals surface area contributed by atoms with Gasteiger partial charge in [-0.2, -0.15) is 0 Å². The molecule has 0 unspecified atom stereocenters. The Morgan fingerprint density at radius 1 is 0.976 bits per heavy atom. The number of nitro groups is 1. The van der Waals surface area contributed by atoms with Crippen molar-refractivity contribution in [1.29, 1.82) is 0 Å². The van der Waals surface area contributed by atoms with Gasteiger partial charge in [0.1, 0.15) is 0 Å². The van der Waals surface area contributed by atoms with Crippen LogP contribution in [0.25, 0.3) is 0 Å². The van der Waals surface area contributed by atoms with Crippen LogP contribution >= 0.6 is 0 Å². The van der Waals surface area contributed by atoms with Gasteiger partial charge in [-0.1, -0.05) is 11.6 Å². The number of nitrogens with zero attached hydrogens (tertiary/aromatic N) is 2. The molecule has 6 rings (SSSR count). The van der Waals surface area contributed by atoms with Crippen molar-refractivity contribution >= 4 is 34.8 Å². The maximum absolute atomic E-state index is 14.0. The van der Waals surface area contributed by atoms with Crippen molar-refractivity contribution in [2.24, 2.45) is 17.8 Å². The Morgan fingerprint density at radius 2 is 1.62 bits per heavy atom. The number of non-ortho nitro benzene ring substituents is 1. The maximum atomic E-state index is 14.0. The second-order valence-corrected chi connectivity index (χ2v) is 10.8. The second kappa shape index (κ2) is 9.79. The standard InChI is InChI=1S/C31H26N2O9/c1-14-10-22(34)27-21(28(14)35)13-20-18(25(27)15-11-23(41-2)29(36)24(12-15)42-3)8-9-19-26(20)31(38)32(30(19)37)16-4-6-17(7-5-16)33(39)40/h4-8,10-12,19-20,25-26,36H,9,13H2,1-3H3/t19-,20+,25-,26-/m0/s1. The lowest BCUT2D eigenvalue weighted by atomic mass is 9.59. The van der Waals surface area contributed by atoms with Crippen LogP contribution < -0.4 is 14.4 Å². The summed E-state index contributed by atoms with van der Waals surface area (Å²) in [4.78, 5) is 66.1. The highest BCUT2D eigenvalue weighted by molar-refractivity contribution is 6.25. The minimum atomic E-state index is -0.806. The van der Waals surface area contributed by atoms with Gasteiger partial charge in [-0.15, -0.1) is 0 Å². The smallest absolute Gasteiger partial charge is 0.269 e. The van der Waals surface area contributed by atoms with Gasteiger partial charge in [0.15, 0.2) is 23.1 Å². The molecule has 11 nitrogen and oxygen atoms in total. The summed E-state index contributed by atoms with van der Waals surface area (Å²) in [5.41, 5.74) is 2.21. The van der Waals surface area contributed by atoms with E-state index in [-0.39, 0.29) is 53.0 Å². The van der Waals surface area contributed by atoms with Gasteiger partial charge >= 0.3 is 0 Å². The molecule has 0 saturated carbocycles. The third-order valence-electron chi connectivity index (χ3n) is 8.72. The third-order valence-corrected chi connectivity index (χ3v) is 8.72. The van der Waals surface area contributed by atoms with E-state index in [9.17, 15) is 34.4 Å². The number of ether oxygens (including phenoxy) is 2. The van der Waals surface area contributed by atoms with Gasteiger partial charge in [-0.3, -0.25) is 34.2 Å². The van der Waals surface area contributed by atoms with Gasteiger partial charge in [0.05, 0.1) is 36.7 Å². The number of imide groups is 1. The molecular formula is C31H26N2O9. The summed E-state index contributed by atoms with van der Waals surface area (Å²) < 4.78 is 10.7. The molecule has 1 aliphatic heterocycles. The van der Waals surface area contributed by atoms with E-state index in [1.807, 2.05) is 6.08 Å². The summed E-state index contributed by atoms with van der Waals surface area (Å²) >= 11 is 0. The van der Waals surface area contributed by atoms with E-state index in [4.69, 9.17) is 9.47 Å². The molecule has 214 valence electrons. The number of benzene rings is 2. The van der Waals surface area contributed by atoms with Gasteiger partial charge in [0.25, 0.3) is 5.69 Å². The number of fused-ring (bicyclic) bond motifs is 3. The van der Waals surface area contributed by atoms with Crippen molar-refractivity contribution in [3.8, 4) is 17.2 Å². The number of ketones is 2. The number of methoxy groups -OCH3 is 2. The summed E-state index contributed by atoms with van der Waals surface area (Å²) in [6.45, 7) is 1.57. The number of nitro benzene ring substituents is 1. The second-order valence-electron chi connectivity index (χ2n) is 10.8. The number of rotatable bonds is 5. The molecule has 0 spiro atoms. The predicted molar refractivity (Wildman–Crippen MR) is 148 cm³/mol. The molecular weight excluding hydrogens is 544 g/mol. The van der Waals surface area contributed by atoms with Gasteiger partial charge in [0, 0.05) is 34.8 Å². The molecule has 1 fully saturated rings. The number of carbonyl (C=O) groups is 4. The number of carbonyl (C=O) groups excluding carboxylic acids is 4. The largest absolute Gasteiger partial charge is 0.502 e. The normalized spacial score (nSPS) is 25.0. The number of amides is 2. The Bertz CT molecular complexity index is 1670. The van der Waals surface area contributed by atoms with E-state index in [1.54, 1.807) is 19.1 Å². The van der Waals surface area contributed by atoms with Crippen LogP contribution in [-0.4, -0.2) is 47.6 Å². The topological polar surface area (TPSA) is 153 Å². The van der Waals surface area contributed by atoms with E-state index in [1.165, 1.54) is 44.6 Å². The fraction of sp³-hybridized carbons (Fsp3) is 0.290. The van der Waals surface area contributed by atoms with Crippen molar-refractivity contribution in [1.82, 2.24) is 0 Å². The lowest BCUT2D eigenvalue weighted by Gasteiger charge is -2.42. The number of hydrogen-bond acceptors (Lipinski definition) is 9. The Kier molecular flexibility index (Phi) is 6.32. The zero-order valence-corrected chi connectivity index (χ0v) is 23.0. The minimum absolute atomic E-state index is 0.105. The van der Waals surface area contributed by atoms with Crippen LogP contribution in [-0.2, 0) is 19.2 Å². The van der Waals surface area contributed by atoms with Crippen LogP contribution in [0.1, 0.15) is 31.2 Å². The van der Waals surface area contributed by atoms with Gasteiger partial charge in [0.2, 0.25) is 17.6 Å². The fourth-order valence-electron chi connectivity index (χ4n) is 6.82. The third kappa shape index (κ3) is 3.87. The molecule has 0 bridgehead atoms. The molecule has 11 heteroatoms. The first kappa shape index (κ1) is 27.1. The molecule has 42 heavy (non-hydrogen) atoms. The lowest BCUT2D eigenvalue weighted by Crippen LogP contribution is -2.39. The first-order valence-electron chi connectivity index (χ1n) is 13.3. The predicted octanol–water partition coefficient (Wildman–Crippen LogP) is 3.95. The molecule has 3 aliphatic carbocycles.